The predicted molar refractivity (Wildman–Crippen MR) is 109 cm³/mol. The van der Waals surface area contributed by atoms with Crippen LogP contribution in [-0.2, 0) is 9.59 Å². The summed E-state index contributed by atoms with van der Waals surface area (Å²) in [5.41, 5.74) is 1.26. The number of amides is 2. The number of nitrogens with zero attached hydrogens (tertiary/aromatic N) is 1. The average molecular weight is 395 g/mol. The fraction of sp³-hybridized carbons (Fsp3) is 0.304. The van der Waals surface area contributed by atoms with Crippen molar-refractivity contribution >= 4 is 23.6 Å². The summed E-state index contributed by atoms with van der Waals surface area (Å²) in [7, 11) is 0. The first kappa shape index (κ1) is 19.5. The molecule has 29 heavy (non-hydrogen) atoms. The van der Waals surface area contributed by atoms with Gasteiger partial charge in [-0.25, -0.2) is 9.29 Å². The fourth-order valence-corrected chi connectivity index (χ4v) is 4.24. The van der Waals surface area contributed by atoms with Gasteiger partial charge in [-0.3, -0.25) is 9.59 Å². The molecule has 0 aromatic heterocycles. The summed E-state index contributed by atoms with van der Waals surface area (Å²) in [5, 5.41) is 0. The lowest BCUT2D eigenvalue weighted by molar-refractivity contribution is -1.02. The zero-order valence-electron chi connectivity index (χ0n) is 16.3. The largest absolute Gasteiger partial charge is 0.322 e. The van der Waals surface area contributed by atoms with Crippen LogP contribution in [0.25, 0.3) is 6.08 Å². The predicted octanol–water partition coefficient (Wildman–Crippen LogP) is -0.0456. The summed E-state index contributed by atoms with van der Waals surface area (Å²) in [6.45, 7) is 4.52. The quantitative estimate of drug-likeness (QED) is 0.698. The number of hydrogen-bond acceptors (Lipinski definition) is 2. The standard InChI is InChI=1S/C23H24FN3O2/c24-19-10-4-5-11-20(19)27-22(28)17-21(23(27)29)26-15-13-25(14-16-26)12-6-9-18-7-2-1-3-8-18/h1-11,21H,12-17H2/p+2/b9-6+/t21-/m1/s1. The van der Waals surface area contributed by atoms with Crippen LogP contribution >= 0.6 is 0 Å². The summed E-state index contributed by atoms with van der Waals surface area (Å²) in [6, 6.07) is 15.8. The molecule has 2 aromatic carbocycles. The zero-order valence-corrected chi connectivity index (χ0v) is 16.3. The summed E-state index contributed by atoms with van der Waals surface area (Å²) < 4.78 is 14.1. The molecule has 2 aliphatic rings. The van der Waals surface area contributed by atoms with Crippen molar-refractivity contribution in [2.75, 3.05) is 37.6 Å². The third-order valence-corrected chi connectivity index (χ3v) is 5.85. The number of piperazine rings is 1. The van der Waals surface area contributed by atoms with Crippen molar-refractivity contribution in [2.24, 2.45) is 0 Å². The molecule has 150 valence electrons. The van der Waals surface area contributed by atoms with Gasteiger partial charge in [0.15, 0.2) is 6.04 Å². The van der Waals surface area contributed by atoms with Crippen LogP contribution < -0.4 is 14.7 Å². The molecule has 0 unspecified atom stereocenters. The van der Waals surface area contributed by atoms with Crippen molar-refractivity contribution in [1.29, 1.82) is 0 Å². The lowest BCUT2D eigenvalue weighted by atomic mass is 10.1. The van der Waals surface area contributed by atoms with Gasteiger partial charge in [0.1, 0.15) is 32.0 Å². The molecule has 4 rings (SSSR count). The van der Waals surface area contributed by atoms with Crippen LogP contribution in [0.1, 0.15) is 12.0 Å². The van der Waals surface area contributed by atoms with Gasteiger partial charge in [-0.1, -0.05) is 48.5 Å². The molecule has 1 atom stereocenters. The molecule has 2 amide bonds. The smallest absolute Gasteiger partial charge is 0.292 e. The number of para-hydroxylation sites is 1. The Morgan fingerprint density at radius 3 is 2.38 bits per heavy atom. The van der Waals surface area contributed by atoms with E-state index in [0.29, 0.717) is 0 Å². The van der Waals surface area contributed by atoms with Gasteiger partial charge in [-0.05, 0) is 23.8 Å². The Bertz CT molecular complexity index is 907. The van der Waals surface area contributed by atoms with E-state index in [1.807, 2.05) is 18.2 Å². The molecule has 2 aromatic rings. The number of hydrogen-bond donors (Lipinski definition) is 2. The third kappa shape index (κ3) is 4.28. The van der Waals surface area contributed by atoms with Crippen molar-refractivity contribution in [3.05, 3.63) is 72.1 Å². The molecule has 5 nitrogen and oxygen atoms in total. The monoisotopic (exact) mass is 395 g/mol. The molecule has 2 saturated heterocycles. The van der Waals surface area contributed by atoms with Crippen molar-refractivity contribution in [1.82, 2.24) is 0 Å². The molecule has 2 aliphatic heterocycles. The Kier molecular flexibility index (Phi) is 5.83. The topological polar surface area (TPSA) is 46.3 Å². The van der Waals surface area contributed by atoms with Gasteiger partial charge in [-0.15, -0.1) is 0 Å². The van der Waals surface area contributed by atoms with E-state index in [2.05, 4.69) is 24.3 Å². The van der Waals surface area contributed by atoms with Gasteiger partial charge >= 0.3 is 0 Å². The molecular formula is C23H26FN3O2+2. The number of benzene rings is 2. The van der Waals surface area contributed by atoms with E-state index in [1.165, 1.54) is 22.6 Å². The number of imide groups is 1. The minimum Gasteiger partial charge on any atom is -0.322 e. The van der Waals surface area contributed by atoms with Crippen LogP contribution in [0.15, 0.2) is 60.7 Å². The first-order valence-corrected chi connectivity index (χ1v) is 10.1. The van der Waals surface area contributed by atoms with E-state index in [0.717, 1.165) is 42.5 Å². The highest BCUT2D eigenvalue weighted by Gasteiger charge is 2.47. The van der Waals surface area contributed by atoms with E-state index in [1.54, 1.807) is 12.1 Å². The number of carbonyl (C=O) groups is 2. The number of nitrogens with one attached hydrogen (secondary N) is 2. The van der Waals surface area contributed by atoms with E-state index in [9.17, 15) is 14.0 Å². The highest BCUT2D eigenvalue weighted by molar-refractivity contribution is 6.21. The van der Waals surface area contributed by atoms with Crippen LogP contribution in [-0.4, -0.2) is 50.6 Å². The lowest BCUT2D eigenvalue weighted by Gasteiger charge is -2.31. The maximum atomic E-state index is 14.1. The second kappa shape index (κ2) is 8.68. The Morgan fingerprint density at radius 1 is 0.966 bits per heavy atom. The maximum Gasteiger partial charge on any atom is 0.292 e. The molecule has 2 fully saturated rings. The van der Waals surface area contributed by atoms with Crippen LogP contribution in [0, 0.1) is 5.82 Å². The first-order valence-electron chi connectivity index (χ1n) is 10.1. The second-order valence-electron chi connectivity index (χ2n) is 7.70. The molecule has 0 spiro atoms. The minimum atomic E-state index is -0.538. The number of halogens is 1. The summed E-state index contributed by atoms with van der Waals surface area (Å²) >= 11 is 0. The van der Waals surface area contributed by atoms with E-state index in [-0.39, 0.29) is 23.9 Å². The van der Waals surface area contributed by atoms with Crippen molar-refractivity contribution in [2.45, 2.75) is 12.5 Å². The SMILES string of the molecule is O=C1C[C@@H]([NH+]2CC[NH+](C/C=C/c3ccccc3)CC2)C(=O)N1c1ccccc1F. The molecule has 2 N–H and O–H groups in total. The van der Waals surface area contributed by atoms with Crippen molar-refractivity contribution in [3.63, 3.8) is 0 Å². The van der Waals surface area contributed by atoms with Gasteiger partial charge < -0.3 is 9.80 Å². The van der Waals surface area contributed by atoms with E-state index < -0.39 is 11.9 Å². The number of rotatable bonds is 5. The third-order valence-electron chi connectivity index (χ3n) is 5.85. The Morgan fingerprint density at radius 2 is 1.66 bits per heavy atom. The highest BCUT2D eigenvalue weighted by Crippen LogP contribution is 2.24. The van der Waals surface area contributed by atoms with Gasteiger partial charge in [-0.2, -0.15) is 0 Å². The number of carbonyl (C=O) groups excluding carboxylic acids is 2. The van der Waals surface area contributed by atoms with E-state index in [4.69, 9.17) is 0 Å². The van der Waals surface area contributed by atoms with E-state index >= 15 is 0 Å². The average Bonchev–Trinajstić information content (AvgIpc) is 3.04. The van der Waals surface area contributed by atoms with Crippen LogP contribution in [0.5, 0.6) is 0 Å². The van der Waals surface area contributed by atoms with Crippen molar-refractivity contribution in [3.8, 4) is 0 Å². The Balaban J connectivity index is 1.33. The molecule has 0 bridgehead atoms. The molecule has 0 saturated carbocycles. The first-order chi connectivity index (χ1) is 14.1. The molecule has 6 heteroatoms. The Hall–Kier alpha value is -2.83. The van der Waals surface area contributed by atoms with Crippen LogP contribution in [0.2, 0.25) is 0 Å². The molecular weight excluding hydrogens is 369 g/mol. The molecule has 2 heterocycles. The zero-order chi connectivity index (χ0) is 20.2. The van der Waals surface area contributed by atoms with Crippen LogP contribution in [0.4, 0.5) is 10.1 Å². The minimum absolute atomic E-state index is 0.0692. The Labute approximate surface area is 170 Å². The van der Waals surface area contributed by atoms with Crippen molar-refractivity contribution < 1.29 is 23.8 Å². The van der Waals surface area contributed by atoms with Gasteiger partial charge in [0.2, 0.25) is 5.91 Å². The van der Waals surface area contributed by atoms with Gasteiger partial charge in [0.05, 0.1) is 18.7 Å². The number of anilines is 1. The highest BCUT2D eigenvalue weighted by atomic mass is 19.1. The normalized spacial score (nSPS) is 25.1. The summed E-state index contributed by atoms with van der Waals surface area (Å²) in [4.78, 5) is 29.0. The van der Waals surface area contributed by atoms with Gasteiger partial charge in [0.25, 0.3) is 5.91 Å². The molecule has 0 radical (unpaired) electrons. The van der Waals surface area contributed by atoms with Gasteiger partial charge in [0, 0.05) is 0 Å². The van der Waals surface area contributed by atoms with Crippen LogP contribution in [0.3, 0.4) is 0 Å². The molecule has 0 aliphatic carbocycles. The summed E-state index contributed by atoms with van der Waals surface area (Å²) in [5.74, 6) is -1.12. The second-order valence-corrected chi connectivity index (χ2v) is 7.70. The fourth-order valence-electron chi connectivity index (χ4n) is 4.24. The number of quaternary nitrogens is 2. The lowest BCUT2D eigenvalue weighted by Crippen LogP contribution is -3.30. The maximum absolute atomic E-state index is 14.1. The summed E-state index contributed by atoms with van der Waals surface area (Å²) in [6.07, 6.45) is 4.49.